The maximum Gasteiger partial charge on any atom is 0.426 e. The lowest BCUT2D eigenvalue weighted by atomic mass is 9.98. The van der Waals surface area contributed by atoms with Crippen molar-refractivity contribution < 1.29 is 115 Å². The van der Waals surface area contributed by atoms with E-state index in [1.165, 1.54) is 0 Å². The van der Waals surface area contributed by atoms with E-state index in [2.05, 4.69) is 14.2 Å². The molecule has 1 aromatic carbocycles. The van der Waals surface area contributed by atoms with Crippen LogP contribution in [0.4, 0.5) is 65.9 Å². The number of hydrogen-bond acceptors (Lipinski definition) is 10. The molecule has 1 unspecified atom stereocenters. The molecule has 1 atom stereocenters. The summed E-state index contributed by atoms with van der Waals surface area (Å²) in [7, 11) is 0. The van der Waals surface area contributed by atoms with E-state index >= 15 is 0 Å². The molecule has 1 aromatic rings. The van der Waals surface area contributed by atoms with E-state index in [4.69, 9.17) is 10.2 Å². The van der Waals surface area contributed by atoms with Crippen molar-refractivity contribution >= 4 is 17.9 Å². The van der Waals surface area contributed by atoms with Gasteiger partial charge in [0.1, 0.15) is 16.9 Å². The predicted molar refractivity (Wildman–Crippen MR) is 124 cm³/mol. The van der Waals surface area contributed by atoms with Crippen LogP contribution in [0.15, 0.2) is 12.1 Å². The van der Waals surface area contributed by atoms with Crippen molar-refractivity contribution in [3.63, 3.8) is 0 Å². The van der Waals surface area contributed by atoms with Crippen molar-refractivity contribution in [2.24, 2.45) is 0 Å². The summed E-state index contributed by atoms with van der Waals surface area (Å²) >= 11 is 0. The van der Waals surface area contributed by atoms with Crippen LogP contribution < -0.4 is 0 Å². The van der Waals surface area contributed by atoms with Gasteiger partial charge in [0, 0.05) is 19.3 Å². The molecule has 25 heteroatoms. The van der Waals surface area contributed by atoms with E-state index in [1.54, 1.807) is 0 Å². The van der Waals surface area contributed by atoms with Crippen molar-refractivity contribution in [2.75, 3.05) is 19.8 Å². The quantitative estimate of drug-likeness (QED) is 0.129. The van der Waals surface area contributed by atoms with Crippen LogP contribution in [0, 0.1) is 0 Å². The molecule has 0 saturated carbocycles. The van der Waals surface area contributed by atoms with Crippen LogP contribution in [0.2, 0.25) is 0 Å². The number of rotatable bonds is 12. The Balaban J connectivity index is 3.46. The molecule has 1 rings (SSSR count). The highest BCUT2D eigenvalue weighted by molar-refractivity contribution is 6.04. The molecule has 0 bridgehead atoms. The summed E-state index contributed by atoms with van der Waals surface area (Å²) < 4.78 is 206. The first-order valence-corrected chi connectivity index (χ1v) is 12.5. The summed E-state index contributed by atoms with van der Waals surface area (Å²) in [5.74, 6) is -7.96. The van der Waals surface area contributed by atoms with Crippen molar-refractivity contribution in [2.45, 2.75) is 73.9 Å². The van der Waals surface area contributed by atoms with Gasteiger partial charge in [0.05, 0.1) is 25.4 Å². The third-order valence-corrected chi connectivity index (χ3v) is 6.49. The number of aromatic hydroxyl groups is 1. The van der Waals surface area contributed by atoms with Gasteiger partial charge in [-0.1, -0.05) is 0 Å². The summed E-state index contributed by atoms with van der Waals surface area (Å²) in [6.45, 7) is -5.02. The lowest BCUT2D eigenvalue weighted by Crippen LogP contribution is -2.57. The second kappa shape index (κ2) is 14.2. The zero-order valence-corrected chi connectivity index (χ0v) is 23.8. The highest BCUT2D eigenvalue weighted by Gasteiger charge is 2.71. The number of alkyl halides is 15. The molecular weight excluding hydrogens is 733 g/mol. The SMILES string of the molecule is CC(O)(CCOC(=O)c1cc(C(=O)OCCC(O)(C(F)(F)F)C(F)(F)F)cc(C(=O)OCCC(O)(C(F)(F)F)C(F)(F)F)c1O)C(F)(F)F. The fourth-order valence-corrected chi connectivity index (χ4v) is 3.26. The van der Waals surface area contributed by atoms with E-state index < -0.39 is 127 Å². The Bertz CT molecular complexity index is 1330. The van der Waals surface area contributed by atoms with Gasteiger partial charge in [0.25, 0.3) is 11.2 Å². The van der Waals surface area contributed by atoms with Crippen molar-refractivity contribution in [1.29, 1.82) is 0 Å². The van der Waals surface area contributed by atoms with Gasteiger partial charge in [-0.2, -0.15) is 65.9 Å². The summed E-state index contributed by atoms with van der Waals surface area (Å²) in [5, 5.41) is 38.0. The maximum absolute atomic E-state index is 12.9. The Morgan fingerprint density at radius 2 is 0.816 bits per heavy atom. The number of hydrogen-bond donors (Lipinski definition) is 4. The molecule has 0 aliphatic rings. The summed E-state index contributed by atoms with van der Waals surface area (Å²) in [4.78, 5) is 37.3. The van der Waals surface area contributed by atoms with Crippen molar-refractivity contribution in [1.82, 2.24) is 0 Å². The molecule has 0 aliphatic heterocycles. The molecule has 0 spiro atoms. The molecule has 282 valence electrons. The van der Waals surface area contributed by atoms with Gasteiger partial charge in [0.15, 0.2) is 5.60 Å². The Morgan fingerprint density at radius 3 is 1.10 bits per heavy atom. The molecule has 0 aliphatic carbocycles. The Hall–Kier alpha value is -3.74. The van der Waals surface area contributed by atoms with Gasteiger partial charge in [-0.15, -0.1) is 0 Å². The number of phenols is 1. The van der Waals surface area contributed by atoms with Crippen LogP contribution in [0.3, 0.4) is 0 Å². The third kappa shape index (κ3) is 9.70. The summed E-state index contributed by atoms with van der Waals surface area (Å²) in [6, 6.07) is 0.162. The first kappa shape index (κ1) is 43.3. The monoisotopic (exact) mass is 754 g/mol. The minimum Gasteiger partial charge on any atom is -0.506 e. The van der Waals surface area contributed by atoms with Gasteiger partial charge >= 0.3 is 48.8 Å². The first-order chi connectivity index (χ1) is 21.6. The fraction of sp³-hybridized carbons (Fsp3) is 0.625. The second-order valence-corrected chi connectivity index (χ2v) is 10.1. The molecule has 10 nitrogen and oxygen atoms in total. The van der Waals surface area contributed by atoms with Gasteiger partial charge in [0.2, 0.25) is 0 Å². The molecule has 0 radical (unpaired) electrons. The molecule has 49 heavy (non-hydrogen) atoms. The normalized spacial score (nSPS) is 15.0. The van der Waals surface area contributed by atoms with Crippen LogP contribution >= 0.6 is 0 Å². The standard InChI is InChI=1S/C24H21F15O10/c1-17(44,20(25,26)27)2-5-48-15(42)11-8-10(14(41)47-6-3-18(45,21(28,29)30)22(31,32)33)9-12(13(11)40)16(43)49-7-4-19(46,23(34,35)36)24(37,38)39/h8-9,40,44-46H,2-7H2,1H3. The zero-order chi connectivity index (χ0) is 38.8. The lowest BCUT2D eigenvalue weighted by Gasteiger charge is -2.32. The number of aliphatic hydroxyl groups is 3. The average molecular weight is 754 g/mol. The van der Waals surface area contributed by atoms with E-state index in [-0.39, 0.29) is 19.1 Å². The number of halogens is 15. The van der Waals surface area contributed by atoms with E-state index in [0.717, 1.165) is 0 Å². The second-order valence-electron chi connectivity index (χ2n) is 10.1. The van der Waals surface area contributed by atoms with Crippen LogP contribution in [0.1, 0.15) is 57.3 Å². The molecule has 0 aromatic heterocycles. The van der Waals surface area contributed by atoms with Crippen molar-refractivity contribution in [3.8, 4) is 5.75 Å². The number of phenolic OH excluding ortho intramolecular Hbond substituents is 1. The van der Waals surface area contributed by atoms with Crippen LogP contribution in [-0.2, 0) is 14.2 Å². The largest absolute Gasteiger partial charge is 0.506 e. The van der Waals surface area contributed by atoms with Gasteiger partial charge in [-0.3, -0.25) is 0 Å². The van der Waals surface area contributed by atoms with Gasteiger partial charge < -0.3 is 34.6 Å². The molecule has 0 fully saturated rings. The Kier molecular flexibility index (Phi) is 12.6. The third-order valence-electron chi connectivity index (χ3n) is 6.49. The molecule has 4 N–H and O–H groups in total. The Morgan fingerprint density at radius 1 is 0.531 bits per heavy atom. The number of esters is 3. The fourth-order valence-electron chi connectivity index (χ4n) is 3.26. The highest BCUT2D eigenvalue weighted by Crippen LogP contribution is 2.46. The summed E-state index contributed by atoms with van der Waals surface area (Å²) in [6.07, 6.45) is -37.1. The number of benzene rings is 1. The zero-order valence-electron chi connectivity index (χ0n) is 23.8. The predicted octanol–water partition coefficient (Wildman–Crippen LogP) is 5.06. The molecular formula is C24H21F15O10. The van der Waals surface area contributed by atoms with Crippen LogP contribution in [0.25, 0.3) is 0 Å². The maximum atomic E-state index is 12.9. The lowest BCUT2D eigenvalue weighted by molar-refractivity contribution is -0.371. The van der Waals surface area contributed by atoms with Gasteiger partial charge in [-0.25, -0.2) is 14.4 Å². The first-order valence-electron chi connectivity index (χ1n) is 12.5. The highest BCUT2D eigenvalue weighted by atomic mass is 19.4. The van der Waals surface area contributed by atoms with Crippen LogP contribution in [-0.4, -0.2) is 106 Å². The minimum absolute atomic E-state index is 0.0463. The minimum atomic E-state index is -6.40. The van der Waals surface area contributed by atoms with E-state index in [1.807, 2.05) is 0 Å². The number of carbonyl (C=O) groups excluding carboxylic acids is 3. The molecule has 0 heterocycles. The van der Waals surface area contributed by atoms with Crippen molar-refractivity contribution in [3.05, 3.63) is 28.8 Å². The topological polar surface area (TPSA) is 160 Å². The van der Waals surface area contributed by atoms with Gasteiger partial charge in [-0.05, 0) is 19.1 Å². The molecule has 0 amide bonds. The smallest absolute Gasteiger partial charge is 0.426 e. The average Bonchev–Trinajstić information content (AvgIpc) is 2.89. The van der Waals surface area contributed by atoms with E-state index in [0.29, 0.717) is 0 Å². The summed E-state index contributed by atoms with van der Waals surface area (Å²) in [5.41, 5.74) is -18.8. The number of ether oxygens (including phenoxy) is 3. The van der Waals surface area contributed by atoms with E-state index in [9.17, 15) is 90.5 Å². The number of carbonyl (C=O) groups is 3. The van der Waals surface area contributed by atoms with Crippen LogP contribution in [0.5, 0.6) is 5.75 Å². The molecule has 0 saturated heterocycles. The Labute approximate surface area is 261 Å².